The lowest BCUT2D eigenvalue weighted by atomic mass is 10.1. The Labute approximate surface area is 158 Å². The molecule has 146 valence electrons. The predicted octanol–water partition coefficient (Wildman–Crippen LogP) is 2.53. The number of hydrogen-bond acceptors (Lipinski definition) is 5. The molecular formula is C19H25N2O6+. The standard InChI is InChI=1S/C19H24N2O6/c1-14-6-4-7-15(2)18(14)21(16(22)12-26-3)10-9-20(13-21)19(25)27-11-5-8-17(23)24/h4,6-7,9-10H,5,8,11-13H2,1-3H3/p+1. The SMILES string of the molecule is COCC(=O)[N+]1(c2c(C)cccc2C)C=CN(C(=O)OCCCC(=O)O)C1. The Morgan fingerprint density at radius 3 is 2.48 bits per heavy atom. The maximum absolute atomic E-state index is 12.9. The molecule has 2 rings (SSSR count). The molecule has 1 unspecified atom stereocenters. The zero-order chi connectivity index (χ0) is 20.0. The largest absolute Gasteiger partial charge is 0.481 e. The quantitative estimate of drug-likeness (QED) is 0.580. The van der Waals surface area contributed by atoms with Crippen LogP contribution in [0.2, 0.25) is 0 Å². The number of para-hydroxylation sites is 1. The van der Waals surface area contributed by atoms with E-state index in [0.29, 0.717) is 0 Å². The number of nitrogens with zero attached hydrogens (tertiary/aromatic N) is 2. The second-order valence-corrected chi connectivity index (χ2v) is 6.46. The summed E-state index contributed by atoms with van der Waals surface area (Å²) in [6, 6.07) is 5.76. The molecule has 2 amide bonds. The normalized spacial score (nSPS) is 18.6. The van der Waals surface area contributed by atoms with Crippen molar-refractivity contribution < 1.29 is 29.0 Å². The molecule has 1 aliphatic heterocycles. The number of hydrogen-bond donors (Lipinski definition) is 1. The molecule has 0 radical (unpaired) electrons. The Morgan fingerprint density at radius 1 is 1.22 bits per heavy atom. The van der Waals surface area contributed by atoms with Gasteiger partial charge in [-0.1, -0.05) is 18.2 Å². The molecule has 0 aliphatic carbocycles. The van der Waals surface area contributed by atoms with Crippen molar-refractivity contribution in [3.05, 3.63) is 41.7 Å². The number of ether oxygens (including phenoxy) is 2. The van der Waals surface area contributed by atoms with Gasteiger partial charge in [-0.05, 0) is 20.3 Å². The van der Waals surface area contributed by atoms with Gasteiger partial charge < -0.3 is 14.6 Å². The molecular weight excluding hydrogens is 352 g/mol. The second kappa shape index (κ2) is 8.79. The van der Waals surface area contributed by atoms with Gasteiger partial charge in [0.1, 0.15) is 6.20 Å². The van der Waals surface area contributed by atoms with Crippen LogP contribution in [0, 0.1) is 13.8 Å². The van der Waals surface area contributed by atoms with Crippen LogP contribution >= 0.6 is 0 Å². The number of quaternary nitrogens is 1. The summed E-state index contributed by atoms with van der Waals surface area (Å²) in [5.41, 5.74) is 2.67. The zero-order valence-corrected chi connectivity index (χ0v) is 15.8. The van der Waals surface area contributed by atoms with Crippen LogP contribution in [0.4, 0.5) is 10.5 Å². The van der Waals surface area contributed by atoms with Crippen LogP contribution in [0.25, 0.3) is 0 Å². The first-order valence-corrected chi connectivity index (χ1v) is 8.63. The van der Waals surface area contributed by atoms with Gasteiger partial charge in [-0.3, -0.25) is 4.79 Å². The highest BCUT2D eigenvalue weighted by Crippen LogP contribution is 2.35. The average Bonchev–Trinajstić information content (AvgIpc) is 3.05. The fourth-order valence-corrected chi connectivity index (χ4v) is 3.22. The Morgan fingerprint density at radius 2 is 1.89 bits per heavy atom. The van der Waals surface area contributed by atoms with Crippen molar-refractivity contribution in [1.29, 1.82) is 0 Å². The van der Waals surface area contributed by atoms with E-state index in [1.807, 2.05) is 32.0 Å². The maximum Gasteiger partial charge on any atom is 0.418 e. The molecule has 1 aromatic carbocycles. The second-order valence-electron chi connectivity index (χ2n) is 6.46. The number of aliphatic carboxylic acids is 1. The number of methoxy groups -OCH3 is 1. The molecule has 8 heteroatoms. The van der Waals surface area contributed by atoms with E-state index < -0.39 is 12.1 Å². The van der Waals surface area contributed by atoms with Crippen molar-refractivity contribution in [3.8, 4) is 0 Å². The molecule has 0 aromatic heterocycles. The number of carboxylic acid groups (broad SMARTS) is 1. The van der Waals surface area contributed by atoms with E-state index in [0.717, 1.165) is 16.8 Å². The molecule has 27 heavy (non-hydrogen) atoms. The smallest absolute Gasteiger partial charge is 0.418 e. The first-order valence-electron chi connectivity index (χ1n) is 8.63. The van der Waals surface area contributed by atoms with Crippen LogP contribution < -0.4 is 4.48 Å². The Balaban J connectivity index is 2.21. The summed E-state index contributed by atoms with van der Waals surface area (Å²) < 4.78 is 10.0. The zero-order valence-electron chi connectivity index (χ0n) is 15.8. The maximum atomic E-state index is 12.9. The average molecular weight is 377 g/mol. The molecule has 0 fully saturated rings. The van der Waals surface area contributed by atoms with Crippen LogP contribution in [0.15, 0.2) is 30.6 Å². The summed E-state index contributed by atoms with van der Waals surface area (Å²) in [4.78, 5) is 37.1. The topological polar surface area (TPSA) is 93.1 Å². The molecule has 1 N–H and O–H groups in total. The van der Waals surface area contributed by atoms with Crippen molar-refractivity contribution in [3.63, 3.8) is 0 Å². The number of carbonyl (C=O) groups excluding carboxylic acids is 2. The van der Waals surface area contributed by atoms with Crippen molar-refractivity contribution in [2.75, 3.05) is 27.0 Å². The molecule has 1 aliphatic rings. The van der Waals surface area contributed by atoms with Crippen LogP contribution in [0.5, 0.6) is 0 Å². The summed E-state index contributed by atoms with van der Waals surface area (Å²) in [5, 5.41) is 8.63. The summed E-state index contributed by atoms with van der Waals surface area (Å²) in [5.74, 6) is -1.14. The molecule has 0 bridgehead atoms. The third-order valence-electron chi connectivity index (χ3n) is 4.42. The van der Waals surface area contributed by atoms with E-state index in [9.17, 15) is 14.4 Å². The van der Waals surface area contributed by atoms with Crippen molar-refractivity contribution >= 4 is 23.7 Å². The Hall–Kier alpha value is -2.71. The van der Waals surface area contributed by atoms with Crippen LogP contribution in [0.1, 0.15) is 24.0 Å². The van der Waals surface area contributed by atoms with Gasteiger partial charge in [-0.15, -0.1) is 0 Å². The molecule has 1 atom stereocenters. The number of carbonyl (C=O) groups is 3. The summed E-state index contributed by atoms with van der Waals surface area (Å²) >= 11 is 0. The molecule has 0 saturated carbocycles. The summed E-state index contributed by atoms with van der Waals surface area (Å²) in [6.07, 6.45) is 2.73. The van der Waals surface area contributed by atoms with Gasteiger partial charge in [0.15, 0.2) is 19.0 Å². The van der Waals surface area contributed by atoms with Crippen LogP contribution in [-0.2, 0) is 19.1 Å². The van der Waals surface area contributed by atoms with Gasteiger partial charge in [0, 0.05) is 24.7 Å². The number of amides is 2. The van der Waals surface area contributed by atoms with E-state index >= 15 is 0 Å². The monoisotopic (exact) mass is 377 g/mol. The van der Waals surface area contributed by atoms with Crippen molar-refractivity contribution in [1.82, 2.24) is 9.38 Å². The Kier molecular flexibility index (Phi) is 6.70. The number of aryl methyl sites for hydroxylation is 2. The van der Waals surface area contributed by atoms with Crippen molar-refractivity contribution in [2.24, 2.45) is 0 Å². The highest BCUT2D eigenvalue weighted by molar-refractivity contribution is 5.93. The third kappa shape index (κ3) is 4.53. The Bertz CT molecular complexity index is 740. The van der Waals surface area contributed by atoms with E-state index in [4.69, 9.17) is 14.6 Å². The first-order chi connectivity index (χ1) is 12.8. The van der Waals surface area contributed by atoms with Gasteiger partial charge in [0.25, 0.3) is 0 Å². The number of rotatable bonds is 7. The number of carboxylic acids is 1. The fourth-order valence-electron chi connectivity index (χ4n) is 3.22. The van der Waals surface area contributed by atoms with E-state index in [2.05, 4.69) is 0 Å². The molecule has 0 spiro atoms. The van der Waals surface area contributed by atoms with Gasteiger partial charge in [-0.25, -0.2) is 14.5 Å². The molecule has 0 saturated heterocycles. The van der Waals surface area contributed by atoms with Crippen molar-refractivity contribution in [2.45, 2.75) is 26.7 Å². The summed E-state index contributed by atoms with van der Waals surface area (Å²) in [6.45, 7) is 3.81. The lowest BCUT2D eigenvalue weighted by Gasteiger charge is -2.31. The van der Waals surface area contributed by atoms with Gasteiger partial charge in [0.05, 0.1) is 12.8 Å². The highest BCUT2D eigenvalue weighted by Gasteiger charge is 2.46. The fraction of sp³-hybridized carbons (Fsp3) is 0.421. The number of benzene rings is 1. The third-order valence-corrected chi connectivity index (χ3v) is 4.42. The van der Waals surface area contributed by atoms with E-state index in [-0.39, 0.29) is 43.1 Å². The molecule has 1 heterocycles. The van der Waals surface area contributed by atoms with E-state index in [1.165, 1.54) is 18.2 Å². The van der Waals surface area contributed by atoms with Crippen LogP contribution in [-0.4, -0.2) is 55.0 Å². The molecule has 1 aromatic rings. The predicted molar refractivity (Wildman–Crippen MR) is 98.7 cm³/mol. The minimum Gasteiger partial charge on any atom is -0.481 e. The lowest BCUT2D eigenvalue weighted by Crippen LogP contribution is -2.54. The van der Waals surface area contributed by atoms with Crippen LogP contribution in [0.3, 0.4) is 0 Å². The minimum absolute atomic E-state index is 0.00484. The highest BCUT2D eigenvalue weighted by atomic mass is 16.6. The minimum atomic E-state index is -0.942. The lowest BCUT2D eigenvalue weighted by molar-refractivity contribution is -0.137. The first kappa shape index (κ1) is 20.6. The van der Waals surface area contributed by atoms with E-state index in [1.54, 1.807) is 6.20 Å². The van der Waals surface area contributed by atoms with Gasteiger partial charge in [0.2, 0.25) is 0 Å². The summed E-state index contributed by atoms with van der Waals surface area (Å²) in [7, 11) is 1.45. The molecule has 8 nitrogen and oxygen atoms in total. The van der Waals surface area contributed by atoms with Gasteiger partial charge in [-0.2, -0.15) is 4.48 Å². The van der Waals surface area contributed by atoms with Gasteiger partial charge >= 0.3 is 18.0 Å².